The van der Waals surface area contributed by atoms with Crippen molar-refractivity contribution in [1.82, 2.24) is 24.4 Å². The third kappa shape index (κ3) is 3.28. The van der Waals surface area contributed by atoms with Crippen LogP contribution in [-0.4, -0.2) is 73.8 Å². The highest BCUT2D eigenvalue weighted by Crippen LogP contribution is 2.31. The number of carbonyl (C=O) groups is 1. The number of imidazole rings is 1. The third-order valence-corrected chi connectivity index (χ3v) is 6.00. The van der Waals surface area contributed by atoms with E-state index in [2.05, 4.69) is 15.2 Å². The monoisotopic (exact) mass is 385 g/mol. The quantitative estimate of drug-likeness (QED) is 0.733. The summed E-state index contributed by atoms with van der Waals surface area (Å²) in [6.45, 7) is 3.16. The van der Waals surface area contributed by atoms with E-state index in [1.165, 1.54) is 0 Å². The van der Waals surface area contributed by atoms with Crippen LogP contribution in [0, 0.1) is 0 Å². The zero-order chi connectivity index (χ0) is 19.1. The lowest BCUT2D eigenvalue weighted by Gasteiger charge is -2.23. The lowest BCUT2D eigenvalue weighted by Crippen LogP contribution is -2.33. The molecule has 4 heterocycles. The molecular formula is C19H27N7O2. The Hall–Kier alpha value is -2.42. The van der Waals surface area contributed by atoms with Gasteiger partial charge in [-0.1, -0.05) is 0 Å². The molecule has 1 unspecified atom stereocenters. The van der Waals surface area contributed by atoms with Crippen LogP contribution in [0.1, 0.15) is 38.5 Å². The average Bonchev–Trinajstić information content (AvgIpc) is 3.09. The molecule has 150 valence electrons. The molecule has 0 radical (unpaired) electrons. The first-order valence-electron chi connectivity index (χ1n) is 10.4. The van der Waals surface area contributed by atoms with Crippen molar-refractivity contribution in [3.8, 4) is 0 Å². The fourth-order valence-electron chi connectivity index (χ4n) is 4.20. The van der Waals surface area contributed by atoms with Gasteiger partial charge in [0.2, 0.25) is 11.9 Å². The van der Waals surface area contributed by atoms with Crippen molar-refractivity contribution in [3.05, 3.63) is 6.33 Å². The summed E-state index contributed by atoms with van der Waals surface area (Å²) in [7, 11) is 0. The first kappa shape index (κ1) is 17.7. The van der Waals surface area contributed by atoms with Gasteiger partial charge in [0.05, 0.1) is 19.0 Å². The standard InChI is InChI=1S/C19H27N7O2/c27-11-14-3-1-8-26(14)19-22-17(21-13-5-6-13)16-18(23-19)25(12-20-16)10-9-24-7-2-4-15(24)28/h12-14,27H,1-11H2,(H,21,22,23). The van der Waals surface area contributed by atoms with Crippen molar-refractivity contribution >= 4 is 28.8 Å². The fourth-order valence-corrected chi connectivity index (χ4v) is 4.20. The fraction of sp³-hybridized carbons (Fsp3) is 0.684. The summed E-state index contributed by atoms with van der Waals surface area (Å²) < 4.78 is 2.02. The van der Waals surface area contributed by atoms with Gasteiger partial charge in [0.15, 0.2) is 17.0 Å². The molecule has 1 saturated carbocycles. The van der Waals surface area contributed by atoms with Crippen LogP contribution in [0.5, 0.6) is 0 Å². The molecule has 0 spiro atoms. The van der Waals surface area contributed by atoms with Crippen LogP contribution in [0.4, 0.5) is 11.8 Å². The van der Waals surface area contributed by atoms with E-state index in [-0.39, 0.29) is 18.6 Å². The van der Waals surface area contributed by atoms with Gasteiger partial charge in [0.25, 0.3) is 0 Å². The molecule has 1 aliphatic carbocycles. The maximum absolute atomic E-state index is 11.9. The van der Waals surface area contributed by atoms with Crippen LogP contribution in [0.25, 0.3) is 11.2 Å². The highest BCUT2D eigenvalue weighted by molar-refractivity contribution is 5.84. The van der Waals surface area contributed by atoms with Gasteiger partial charge in [0.1, 0.15) is 0 Å². The second-order valence-electron chi connectivity index (χ2n) is 8.06. The Morgan fingerprint density at radius 1 is 1.14 bits per heavy atom. The SMILES string of the molecule is O=C1CCCN1CCn1cnc2c(NC3CC3)nc(N3CCCC3CO)nc21. The summed E-state index contributed by atoms with van der Waals surface area (Å²) in [6, 6.07) is 0.537. The van der Waals surface area contributed by atoms with Gasteiger partial charge in [-0.05, 0) is 32.1 Å². The normalized spacial score (nSPS) is 22.6. The van der Waals surface area contributed by atoms with Gasteiger partial charge in [-0.15, -0.1) is 0 Å². The molecule has 2 aromatic rings. The summed E-state index contributed by atoms with van der Waals surface area (Å²) in [5.41, 5.74) is 1.58. The topological polar surface area (TPSA) is 99.4 Å². The van der Waals surface area contributed by atoms with E-state index in [9.17, 15) is 9.90 Å². The number of nitrogens with one attached hydrogen (secondary N) is 1. The average molecular weight is 385 g/mol. The molecule has 2 aliphatic heterocycles. The van der Waals surface area contributed by atoms with E-state index in [1.807, 2.05) is 9.47 Å². The van der Waals surface area contributed by atoms with E-state index in [0.717, 1.165) is 62.2 Å². The molecule has 2 saturated heterocycles. The number of hydrogen-bond donors (Lipinski definition) is 2. The van der Waals surface area contributed by atoms with E-state index >= 15 is 0 Å². The Labute approximate surface area is 163 Å². The minimum absolute atomic E-state index is 0.0739. The number of fused-ring (bicyclic) bond motifs is 1. The zero-order valence-corrected chi connectivity index (χ0v) is 16.0. The largest absolute Gasteiger partial charge is 0.394 e. The molecule has 9 nitrogen and oxygen atoms in total. The van der Waals surface area contributed by atoms with Crippen molar-refractivity contribution in [3.63, 3.8) is 0 Å². The Bertz CT molecular complexity index is 879. The highest BCUT2D eigenvalue weighted by atomic mass is 16.3. The first-order valence-corrected chi connectivity index (χ1v) is 10.4. The lowest BCUT2D eigenvalue weighted by atomic mass is 10.2. The Kier molecular flexibility index (Phi) is 4.54. The summed E-state index contributed by atoms with van der Waals surface area (Å²) in [4.78, 5) is 30.1. The van der Waals surface area contributed by atoms with E-state index in [1.54, 1.807) is 6.33 Å². The Morgan fingerprint density at radius 2 is 2.04 bits per heavy atom. The van der Waals surface area contributed by atoms with Crippen LogP contribution in [0.2, 0.25) is 0 Å². The zero-order valence-electron chi connectivity index (χ0n) is 16.0. The highest BCUT2D eigenvalue weighted by Gasteiger charge is 2.29. The van der Waals surface area contributed by atoms with Crippen molar-refractivity contribution in [2.75, 3.05) is 36.5 Å². The maximum Gasteiger partial charge on any atom is 0.229 e. The number of carbonyl (C=O) groups excluding carboxylic acids is 1. The number of nitrogens with zero attached hydrogens (tertiary/aromatic N) is 6. The molecule has 1 amide bonds. The predicted octanol–water partition coefficient (Wildman–Crippen LogP) is 0.984. The Balaban J connectivity index is 1.47. The van der Waals surface area contributed by atoms with Crippen molar-refractivity contribution in [2.24, 2.45) is 0 Å². The summed E-state index contributed by atoms with van der Waals surface area (Å²) >= 11 is 0. The maximum atomic E-state index is 11.9. The van der Waals surface area contributed by atoms with E-state index in [4.69, 9.17) is 9.97 Å². The Morgan fingerprint density at radius 3 is 2.79 bits per heavy atom. The molecule has 2 aromatic heterocycles. The van der Waals surface area contributed by atoms with Gasteiger partial charge in [-0.25, -0.2) is 4.98 Å². The number of aliphatic hydroxyl groups excluding tert-OH is 1. The molecule has 3 fully saturated rings. The second kappa shape index (κ2) is 7.20. The van der Waals surface area contributed by atoms with E-state index < -0.39 is 0 Å². The van der Waals surface area contributed by atoms with Gasteiger partial charge >= 0.3 is 0 Å². The number of aliphatic hydroxyl groups is 1. The smallest absolute Gasteiger partial charge is 0.229 e. The summed E-state index contributed by atoms with van der Waals surface area (Å²) in [5.74, 6) is 1.67. The minimum atomic E-state index is 0.0739. The molecule has 5 rings (SSSR count). The minimum Gasteiger partial charge on any atom is -0.394 e. The van der Waals surface area contributed by atoms with Crippen molar-refractivity contribution in [2.45, 2.75) is 57.2 Å². The number of hydrogen-bond acceptors (Lipinski definition) is 7. The molecular weight excluding hydrogens is 358 g/mol. The predicted molar refractivity (Wildman–Crippen MR) is 105 cm³/mol. The molecule has 28 heavy (non-hydrogen) atoms. The number of amides is 1. The third-order valence-electron chi connectivity index (χ3n) is 6.00. The van der Waals surface area contributed by atoms with Crippen molar-refractivity contribution in [1.29, 1.82) is 0 Å². The number of likely N-dealkylation sites (tertiary alicyclic amines) is 1. The molecule has 1 atom stereocenters. The van der Waals surface area contributed by atoms with Gasteiger partial charge in [0, 0.05) is 38.6 Å². The molecule has 2 N–H and O–H groups in total. The van der Waals surface area contributed by atoms with Gasteiger partial charge in [-0.3, -0.25) is 4.79 Å². The lowest BCUT2D eigenvalue weighted by molar-refractivity contribution is -0.127. The van der Waals surface area contributed by atoms with Gasteiger partial charge in [-0.2, -0.15) is 9.97 Å². The molecule has 0 aromatic carbocycles. The first-order chi connectivity index (χ1) is 13.7. The molecule has 0 bridgehead atoms. The summed E-state index contributed by atoms with van der Waals surface area (Å²) in [6.07, 6.45) is 7.71. The second-order valence-corrected chi connectivity index (χ2v) is 8.06. The van der Waals surface area contributed by atoms with Crippen LogP contribution in [0.3, 0.4) is 0 Å². The van der Waals surface area contributed by atoms with E-state index in [0.29, 0.717) is 31.5 Å². The molecule has 3 aliphatic rings. The van der Waals surface area contributed by atoms with Crippen LogP contribution < -0.4 is 10.2 Å². The number of anilines is 2. The van der Waals surface area contributed by atoms with Gasteiger partial charge < -0.3 is 24.8 Å². The van der Waals surface area contributed by atoms with Crippen LogP contribution in [-0.2, 0) is 11.3 Å². The van der Waals surface area contributed by atoms with Crippen LogP contribution in [0.15, 0.2) is 6.33 Å². The molecule has 9 heteroatoms. The van der Waals surface area contributed by atoms with Crippen LogP contribution >= 0.6 is 0 Å². The number of rotatable bonds is 7. The van der Waals surface area contributed by atoms with Crippen molar-refractivity contribution < 1.29 is 9.90 Å². The summed E-state index contributed by atoms with van der Waals surface area (Å²) in [5, 5.41) is 13.2. The number of aromatic nitrogens is 4.